The van der Waals surface area contributed by atoms with E-state index in [-0.39, 0.29) is 11.6 Å². The van der Waals surface area contributed by atoms with Crippen molar-refractivity contribution in [1.29, 1.82) is 0 Å². The molecule has 1 unspecified atom stereocenters. The molecule has 0 spiro atoms. The second-order valence-corrected chi connectivity index (χ2v) is 7.54. The van der Waals surface area contributed by atoms with E-state index in [4.69, 9.17) is 11.6 Å². The van der Waals surface area contributed by atoms with Crippen molar-refractivity contribution in [1.82, 2.24) is 19.7 Å². The standard InChI is InChI=1S/C22H19ClN6O4/c1-28(18(13-7-4-3-5-8-13)16-15(23)9-6-10-24-16)22-27-17(19(30)21(32)29(22)2)20(31)26-14-11-25-33-12-14/h3-12,18,30H,1-2H3,(H,26,31). The first-order valence-corrected chi connectivity index (χ1v) is 10.1. The highest BCUT2D eigenvalue weighted by Gasteiger charge is 2.28. The molecule has 3 heterocycles. The van der Waals surface area contributed by atoms with Crippen molar-refractivity contribution < 1.29 is 14.4 Å². The van der Waals surface area contributed by atoms with Crippen LogP contribution in [0.5, 0.6) is 5.75 Å². The lowest BCUT2D eigenvalue weighted by molar-refractivity contribution is 0.101. The fourth-order valence-electron chi connectivity index (χ4n) is 3.42. The van der Waals surface area contributed by atoms with Crippen molar-refractivity contribution in [2.45, 2.75) is 6.04 Å². The van der Waals surface area contributed by atoms with Crippen LogP contribution in [0.3, 0.4) is 0 Å². The molecule has 4 rings (SSSR count). The van der Waals surface area contributed by atoms with Crippen molar-refractivity contribution in [3.8, 4) is 5.75 Å². The summed E-state index contributed by atoms with van der Waals surface area (Å²) in [7, 11) is 3.15. The van der Waals surface area contributed by atoms with Crippen molar-refractivity contribution in [2.75, 3.05) is 17.3 Å². The van der Waals surface area contributed by atoms with Crippen molar-refractivity contribution in [3.63, 3.8) is 0 Å². The van der Waals surface area contributed by atoms with Gasteiger partial charge in [0.15, 0.2) is 5.69 Å². The van der Waals surface area contributed by atoms with E-state index in [1.165, 1.54) is 19.5 Å². The number of hydrogen-bond acceptors (Lipinski definition) is 8. The minimum absolute atomic E-state index is 0.115. The Morgan fingerprint density at radius 3 is 2.67 bits per heavy atom. The second kappa shape index (κ2) is 9.13. The Kier molecular flexibility index (Phi) is 6.09. The average molecular weight is 467 g/mol. The molecule has 0 radical (unpaired) electrons. The van der Waals surface area contributed by atoms with Crippen LogP contribution in [0.15, 0.2) is 70.4 Å². The lowest BCUT2D eigenvalue weighted by Gasteiger charge is -2.31. The average Bonchev–Trinajstić information content (AvgIpc) is 3.32. The molecule has 3 aromatic heterocycles. The SMILES string of the molecule is CN(c1nc(C(=O)Nc2cnoc2)c(O)c(=O)n1C)C(c1ccccc1)c1ncccc1Cl. The number of nitrogens with one attached hydrogen (secondary N) is 1. The van der Waals surface area contributed by atoms with Gasteiger partial charge in [0.25, 0.3) is 11.5 Å². The first kappa shape index (κ1) is 22.0. The smallest absolute Gasteiger partial charge is 0.297 e. The molecule has 4 aromatic rings. The van der Waals surface area contributed by atoms with Crippen molar-refractivity contribution >= 4 is 29.1 Å². The zero-order chi connectivity index (χ0) is 23.5. The minimum atomic E-state index is -0.796. The van der Waals surface area contributed by atoms with Crippen LogP contribution in [0, 0.1) is 0 Å². The van der Waals surface area contributed by atoms with Gasteiger partial charge in [0.1, 0.15) is 18.0 Å². The van der Waals surface area contributed by atoms with Crippen LogP contribution in [-0.2, 0) is 7.05 Å². The van der Waals surface area contributed by atoms with E-state index in [0.29, 0.717) is 10.7 Å². The Labute approximate surface area is 193 Å². The number of rotatable bonds is 6. The third-order valence-corrected chi connectivity index (χ3v) is 5.33. The number of pyridine rings is 1. The largest absolute Gasteiger partial charge is 0.501 e. The number of carbonyl (C=O) groups excluding carboxylic acids is 1. The summed E-state index contributed by atoms with van der Waals surface area (Å²) in [5.41, 5.74) is 0.379. The molecule has 1 aromatic carbocycles. The van der Waals surface area contributed by atoms with Gasteiger partial charge in [-0.1, -0.05) is 47.1 Å². The molecule has 0 bridgehead atoms. The maximum absolute atomic E-state index is 12.8. The summed E-state index contributed by atoms with van der Waals surface area (Å²) >= 11 is 6.46. The minimum Gasteiger partial charge on any atom is -0.501 e. The topological polar surface area (TPSA) is 126 Å². The van der Waals surface area contributed by atoms with Crippen LogP contribution in [0.25, 0.3) is 0 Å². The number of aromatic hydroxyl groups is 1. The third-order valence-electron chi connectivity index (χ3n) is 5.01. The molecule has 0 saturated heterocycles. The second-order valence-electron chi connectivity index (χ2n) is 7.14. The molecule has 0 saturated carbocycles. The van der Waals surface area contributed by atoms with Gasteiger partial charge in [-0.15, -0.1) is 0 Å². The molecule has 0 aliphatic rings. The highest BCUT2D eigenvalue weighted by atomic mass is 35.5. The zero-order valence-electron chi connectivity index (χ0n) is 17.6. The van der Waals surface area contributed by atoms with Gasteiger partial charge in [0.05, 0.1) is 16.9 Å². The first-order chi connectivity index (χ1) is 15.9. The van der Waals surface area contributed by atoms with Crippen LogP contribution in [0.1, 0.15) is 27.8 Å². The van der Waals surface area contributed by atoms with E-state index < -0.39 is 29.0 Å². The number of aromatic nitrogens is 4. The molecular formula is C22H19ClN6O4. The number of amides is 1. The maximum atomic E-state index is 12.8. The van der Waals surface area contributed by atoms with E-state index >= 15 is 0 Å². The number of halogens is 1. The summed E-state index contributed by atoms with van der Waals surface area (Å²) in [5, 5.41) is 16.8. The van der Waals surface area contributed by atoms with Gasteiger partial charge < -0.3 is 19.8 Å². The van der Waals surface area contributed by atoms with Crippen LogP contribution in [0.4, 0.5) is 11.6 Å². The van der Waals surface area contributed by atoms with E-state index in [0.717, 1.165) is 10.1 Å². The number of benzene rings is 1. The number of hydrogen-bond donors (Lipinski definition) is 2. The summed E-state index contributed by atoms with van der Waals surface area (Å²) in [6, 6.07) is 12.3. The summed E-state index contributed by atoms with van der Waals surface area (Å²) < 4.78 is 5.84. The zero-order valence-corrected chi connectivity index (χ0v) is 18.4. The third kappa shape index (κ3) is 4.28. The Balaban J connectivity index is 1.83. The van der Waals surface area contributed by atoms with Crippen LogP contribution < -0.4 is 15.8 Å². The molecule has 33 heavy (non-hydrogen) atoms. The Bertz CT molecular complexity index is 1340. The van der Waals surface area contributed by atoms with Crippen molar-refractivity contribution in [3.05, 3.63) is 93.4 Å². The van der Waals surface area contributed by atoms with Crippen LogP contribution in [0.2, 0.25) is 5.02 Å². The van der Waals surface area contributed by atoms with Gasteiger partial charge in [-0.25, -0.2) is 4.98 Å². The predicted octanol–water partition coefficient (Wildman–Crippen LogP) is 3.00. The quantitative estimate of drug-likeness (QED) is 0.444. The van der Waals surface area contributed by atoms with E-state index in [1.807, 2.05) is 30.3 Å². The van der Waals surface area contributed by atoms with Crippen LogP contribution in [-0.4, -0.2) is 37.8 Å². The first-order valence-electron chi connectivity index (χ1n) is 9.77. The van der Waals surface area contributed by atoms with E-state index in [9.17, 15) is 14.7 Å². The number of nitrogens with zero attached hydrogens (tertiary/aromatic N) is 5. The molecule has 2 N–H and O–H groups in total. The highest BCUT2D eigenvalue weighted by molar-refractivity contribution is 6.31. The molecule has 1 amide bonds. The number of carbonyl (C=O) groups is 1. The summed E-state index contributed by atoms with van der Waals surface area (Å²) in [6.45, 7) is 0. The molecular weight excluding hydrogens is 448 g/mol. The molecule has 168 valence electrons. The molecule has 0 aliphatic heterocycles. The fourth-order valence-corrected chi connectivity index (χ4v) is 3.65. The van der Waals surface area contributed by atoms with Gasteiger partial charge in [-0.2, -0.15) is 0 Å². The lowest BCUT2D eigenvalue weighted by atomic mass is 10.0. The molecule has 1 atom stereocenters. The van der Waals surface area contributed by atoms with Gasteiger partial charge in [-0.3, -0.25) is 19.1 Å². The van der Waals surface area contributed by atoms with Gasteiger partial charge in [-0.05, 0) is 17.7 Å². The fraction of sp³-hybridized carbons (Fsp3) is 0.136. The van der Waals surface area contributed by atoms with Crippen molar-refractivity contribution in [2.24, 2.45) is 7.05 Å². The predicted molar refractivity (Wildman–Crippen MR) is 122 cm³/mol. The van der Waals surface area contributed by atoms with Gasteiger partial charge >= 0.3 is 0 Å². The summed E-state index contributed by atoms with van der Waals surface area (Å²) in [5.74, 6) is -1.46. The summed E-state index contributed by atoms with van der Waals surface area (Å²) in [6.07, 6.45) is 4.10. The number of anilines is 2. The molecule has 0 fully saturated rings. The van der Waals surface area contributed by atoms with E-state index in [1.54, 1.807) is 30.3 Å². The normalized spacial score (nSPS) is 11.7. The summed E-state index contributed by atoms with van der Waals surface area (Å²) in [4.78, 5) is 35.9. The van der Waals surface area contributed by atoms with Gasteiger partial charge in [0.2, 0.25) is 11.7 Å². The molecule has 10 nitrogen and oxygen atoms in total. The Morgan fingerprint density at radius 2 is 2.00 bits per heavy atom. The lowest BCUT2D eigenvalue weighted by Crippen LogP contribution is -2.34. The monoisotopic (exact) mass is 466 g/mol. The van der Waals surface area contributed by atoms with Gasteiger partial charge in [0, 0.05) is 20.3 Å². The highest BCUT2D eigenvalue weighted by Crippen LogP contribution is 2.33. The van der Waals surface area contributed by atoms with E-state index in [2.05, 4.69) is 25.0 Å². The Morgan fingerprint density at radius 1 is 1.24 bits per heavy atom. The van der Waals surface area contributed by atoms with Crippen LogP contribution >= 0.6 is 11.6 Å². The Hall–Kier alpha value is -4.18. The molecule has 11 heteroatoms. The maximum Gasteiger partial charge on any atom is 0.297 e. The molecule has 0 aliphatic carbocycles.